The van der Waals surface area contributed by atoms with Crippen molar-refractivity contribution in [1.29, 1.82) is 0 Å². The number of piperazine rings is 1. The number of hydrogen-bond acceptors (Lipinski definition) is 5. The maximum atomic E-state index is 12.4. The molecule has 0 saturated carbocycles. The monoisotopic (exact) mass is 373 g/mol. The number of carbonyl (C=O) groups excluding carboxylic acids is 1. The highest BCUT2D eigenvalue weighted by molar-refractivity contribution is 6.32. The molecule has 2 amide bonds. The number of para-hydroxylation sites is 1. The van der Waals surface area contributed by atoms with Gasteiger partial charge in [0, 0.05) is 50.4 Å². The summed E-state index contributed by atoms with van der Waals surface area (Å²) in [7, 11) is 0. The number of carbonyl (C=O) groups is 1. The summed E-state index contributed by atoms with van der Waals surface area (Å²) < 4.78 is 5.76. The number of halogens is 1. The fourth-order valence-corrected chi connectivity index (χ4v) is 3.78. The maximum Gasteiger partial charge on any atom is 0.323 e. The van der Waals surface area contributed by atoms with Crippen LogP contribution in [0.4, 0.5) is 10.6 Å². The molecule has 7 nitrogen and oxygen atoms in total. The van der Waals surface area contributed by atoms with E-state index in [0.717, 1.165) is 30.8 Å². The second kappa shape index (κ2) is 7.47. The van der Waals surface area contributed by atoms with Crippen molar-refractivity contribution in [3.8, 4) is 5.75 Å². The number of anilines is 1. The fourth-order valence-electron chi connectivity index (χ4n) is 3.54. The Morgan fingerprint density at radius 1 is 1.19 bits per heavy atom. The third-order valence-corrected chi connectivity index (χ3v) is 5.14. The number of rotatable bonds is 2. The minimum atomic E-state index is -0.138. The quantitative estimate of drug-likeness (QED) is 0.876. The summed E-state index contributed by atoms with van der Waals surface area (Å²) in [6.07, 6.45) is 2.51. The minimum absolute atomic E-state index is 0.138. The first-order valence-electron chi connectivity index (χ1n) is 8.71. The number of ether oxygens (including phenoxy) is 1. The molecule has 1 atom stereocenters. The summed E-state index contributed by atoms with van der Waals surface area (Å²) in [6, 6.07) is 9.52. The van der Waals surface area contributed by atoms with Crippen LogP contribution in [0.15, 0.2) is 36.5 Å². The van der Waals surface area contributed by atoms with Crippen molar-refractivity contribution in [2.75, 3.05) is 38.1 Å². The first-order valence-corrected chi connectivity index (χ1v) is 9.09. The van der Waals surface area contributed by atoms with Crippen molar-refractivity contribution in [1.82, 2.24) is 20.0 Å². The summed E-state index contributed by atoms with van der Waals surface area (Å²) in [5.74, 6) is 1.26. The Morgan fingerprint density at radius 3 is 2.81 bits per heavy atom. The molecule has 2 aromatic rings. The number of benzene rings is 1. The van der Waals surface area contributed by atoms with E-state index in [-0.39, 0.29) is 12.1 Å². The van der Waals surface area contributed by atoms with Gasteiger partial charge in [-0.05, 0) is 18.2 Å². The Hall–Kier alpha value is -2.38. The molecule has 1 unspecified atom stereocenters. The van der Waals surface area contributed by atoms with Gasteiger partial charge in [-0.15, -0.1) is 5.10 Å². The number of hydrogen-bond donors (Lipinski definition) is 1. The Bertz CT molecular complexity index is 780. The third kappa shape index (κ3) is 3.45. The molecule has 0 bridgehead atoms. The van der Waals surface area contributed by atoms with Crippen LogP contribution in [0, 0.1) is 0 Å². The van der Waals surface area contributed by atoms with E-state index in [1.165, 1.54) is 0 Å². The topological polar surface area (TPSA) is 70.6 Å². The summed E-state index contributed by atoms with van der Waals surface area (Å²) in [5.41, 5.74) is 1.14. The van der Waals surface area contributed by atoms with Crippen molar-refractivity contribution >= 4 is 23.4 Å². The zero-order valence-electron chi connectivity index (χ0n) is 14.3. The van der Waals surface area contributed by atoms with Gasteiger partial charge in [0.15, 0.2) is 5.82 Å². The number of aromatic nitrogens is 2. The van der Waals surface area contributed by atoms with Crippen molar-refractivity contribution in [2.24, 2.45) is 0 Å². The van der Waals surface area contributed by atoms with E-state index in [1.54, 1.807) is 18.3 Å². The Balaban J connectivity index is 1.39. The van der Waals surface area contributed by atoms with Crippen LogP contribution < -0.4 is 10.1 Å². The molecule has 1 N–H and O–H groups in total. The molecule has 3 heterocycles. The van der Waals surface area contributed by atoms with Crippen LogP contribution in [0.25, 0.3) is 0 Å². The van der Waals surface area contributed by atoms with Gasteiger partial charge in [0.05, 0.1) is 11.6 Å². The molecule has 136 valence electrons. The smallest absolute Gasteiger partial charge is 0.323 e. The van der Waals surface area contributed by atoms with Crippen LogP contribution >= 0.6 is 11.6 Å². The van der Waals surface area contributed by atoms with E-state index < -0.39 is 0 Å². The summed E-state index contributed by atoms with van der Waals surface area (Å²) in [5, 5.41) is 11.1. The number of fused-ring (bicyclic) bond motifs is 1. The summed E-state index contributed by atoms with van der Waals surface area (Å²) in [6.45, 7) is 3.61. The minimum Gasteiger partial charge on any atom is -0.492 e. The lowest BCUT2D eigenvalue weighted by Gasteiger charge is -2.41. The van der Waals surface area contributed by atoms with Crippen molar-refractivity contribution in [3.63, 3.8) is 0 Å². The van der Waals surface area contributed by atoms with Crippen molar-refractivity contribution in [2.45, 2.75) is 12.5 Å². The second-order valence-electron chi connectivity index (χ2n) is 6.37. The van der Waals surface area contributed by atoms with Gasteiger partial charge in [0.2, 0.25) is 0 Å². The lowest BCUT2D eigenvalue weighted by molar-refractivity contribution is 0.0886. The molecular formula is C18H20ClN5O2. The van der Waals surface area contributed by atoms with Crippen LogP contribution in [-0.4, -0.2) is 58.8 Å². The van der Waals surface area contributed by atoms with Crippen molar-refractivity contribution in [3.05, 3.63) is 47.1 Å². The molecule has 1 aromatic carbocycles. The van der Waals surface area contributed by atoms with Gasteiger partial charge in [-0.3, -0.25) is 10.2 Å². The molecule has 1 aromatic heterocycles. The van der Waals surface area contributed by atoms with Gasteiger partial charge >= 0.3 is 6.03 Å². The highest BCUT2D eigenvalue weighted by Gasteiger charge is 2.31. The van der Waals surface area contributed by atoms with Crippen LogP contribution in [0.5, 0.6) is 5.75 Å². The molecule has 4 rings (SSSR count). The van der Waals surface area contributed by atoms with Crippen LogP contribution in [0.2, 0.25) is 5.02 Å². The second-order valence-corrected chi connectivity index (χ2v) is 6.78. The van der Waals surface area contributed by atoms with Gasteiger partial charge in [-0.2, -0.15) is 5.10 Å². The predicted octanol–water partition coefficient (Wildman–Crippen LogP) is 2.80. The van der Waals surface area contributed by atoms with E-state index in [9.17, 15) is 4.79 Å². The fraction of sp³-hybridized carbons (Fsp3) is 0.389. The van der Waals surface area contributed by atoms with Gasteiger partial charge < -0.3 is 9.64 Å². The molecule has 0 radical (unpaired) electrons. The summed E-state index contributed by atoms with van der Waals surface area (Å²) >= 11 is 6.27. The number of urea groups is 1. The lowest BCUT2D eigenvalue weighted by Crippen LogP contribution is -2.51. The number of nitrogens with one attached hydrogen (secondary N) is 1. The lowest BCUT2D eigenvalue weighted by atomic mass is 9.98. The molecule has 26 heavy (non-hydrogen) atoms. The van der Waals surface area contributed by atoms with E-state index in [0.29, 0.717) is 30.5 Å². The average Bonchev–Trinajstić information content (AvgIpc) is 2.69. The van der Waals surface area contributed by atoms with Gasteiger partial charge in [0.25, 0.3) is 0 Å². The Kier molecular flexibility index (Phi) is 4.90. The van der Waals surface area contributed by atoms with Gasteiger partial charge in [-0.25, -0.2) is 4.79 Å². The van der Waals surface area contributed by atoms with Gasteiger partial charge in [-0.1, -0.05) is 23.7 Å². The molecule has 1 fully saturated rings. The SMILES string of the molecule is O=C(Nc1cccnn1)N1CCN(C2CCOc3c(Cl)cccc32)CC1. The van der Waals surface area contributed by atoms with E-state index in [1.807, 2.05) is 17.0 Å². The first kappa shape index (κ1) is 17.1. The molecule has 2 aliphatic heterocycles. The van der Waals surface area contributed by atoms with E-state index in [2.05, 4.69) is 26.5 Å². The van der Waals surface area contributed by atoms with E-state index in [4.69, 9.17) is 16.3 Å². The largest absolute Gasteiger partial charge is 0.492 e. The van der Waals surface area contributed by atoms with Gasteiger partial charge in [0.1, 0.15) is 5.75 Å². The Morgan fingerprint density at radius 2 is 2.04 bits per heavy atom. The standard InChI is InChI=1S/C18H20ClN5O2/c19-14-4-1-3-13-15(6-12-26-17(13)14)23-8-10-24(11-9-23)18(25)21-16-5-2-7-20-22-16/h1-5,7,15H,6,8-12H2,(H,21,22,25). The van der Waals surface area contributed by atoms with Crippen LogP contribution in [0.3, 0.4) is 0 Å². The zero-order chi connectivity index (χ0) is 17.9. The summed E-state index contributed by atoms with van der Waals surface area (Å²) in [4.78, 5) is 16.6. The number of nitrogens with zero attached hydrogens (tertiary/aromatic N) is 4. The number of amides is 2. The molecule has 1 saturated heterocycles. The predicted molar refractivity (Wildman–Crippen MR) is 98.5 cm³/mol. The third-order valence-electron chi connectivity index (χ3n) is 4.84. The van der Waals surface area contributed by atoms with Crippen LogP contribution in [-0.2, 0) is 0 Å². The normalized spacial score (nSPS) is 20.2. The maximum absolute atomic E-state index is 12.4. The highest BCUT2D eigenvalue weighted by atomic mass is 35.5. The molecular weight excluding hydrogens is 354 g/mol. The first-order chi connectivity index (χ1) is 12.7. The zero-order valence-corrected chi connectivity index (χ0v) is 15.0. The molecule has 0 aliphatic carbocycles. The van der Waals surface area contributed by atoms with E-state index >= 15 is 0 Å². The Labute approximate surface area is 156 Å². The molecule has 8 heteroatoms. The van der Waals surface area contributed by atoms with Crippen LogP contribution in [0.1, 0.15) is 18.0 Å². The molecule has 2 aliphatic rings. The van der Waals surface area contributed by atoms with Crippen molar-refractivity contribution < 1.29 is 9.53 Å². The molecule has 0 spiro atoms. The average molecular weight is 374 g/mol. The highest BCUT2D eigenvalue weighted by Crippen LogP contribution is 2.40.